The van der Waals surface area contributed by atoms with Crippen molar-refractivity contribution in [3.63, 3.8) is 0 Å². The third-order valence-electron chi connectivity index (χ3n) is 4.75. The molecule has 0 aromatic carbocycles. The summed E-state index contributed by atoms with van der Waals surface area (Å²) in [6, 6.07) is 0. The molecule has 0 aliphatic carbocycles. The van der Waals surface area contributed by atoms with E-state index >= 15 is 0 Å². The van der Waals surface area contributed by atoms with Crippen molar-refractivity contribution in [2.24, 2.45) is 11.8 Å². The molecule has 0 N–H and O–H groups in total. The highest BCUT2D eigenvalue weighted by molar-refractivity contribution is 6.06. The number of nitrogens with zero attached hydrogens (tertiary/aromatic N) is 2. The average molecular weight is 278 g/mol. The number of hydrogen-bond acceptors (Lipinski definition) is 5. The fourth-order valence-corrected chi connectivity index (χ4v) is 3.65. The number of hydrogen-bond donors (Lipinski definition) is 0. The van der Waals surface area contributed by atoms with Gasteiger partial charge in [0.2, 0.25) is 11.8 Å². The van der Waals surface area contributed by atoms with Crippen molar-refractivity contribution in [1.82, 2.24) is 9.80 Å². The van der Waals surface area contributed by atoms with Crippen molar-refractivity contribution in [3.05, 3.63) is 12.2 Å². The van der Waals surface area contributed by atoms with Crippen LogP contribution in [0.25, 0.3) is 0 Å². The first kappa shape index (κ1) is 12.5. The van der Waals surface area contributed by atoms with Crippen LogP contribution in [0.4, 0.5) is 0 Å². The highest BCUT2D eigenvalue weighted by atomic mass is 16.5. The minimum Gasteiger partial charge on any atom is -0.379 e. The number of morpholine rings is 1. The quantitative estimate of drug-likeness (QED) is 0.502. The molecule has 3 saturated heterocycles. The summed E-state index contributed by atoms with van der Waals surface area (Å²) in [5.74, 6) is -0.653. The molecular weight excluding hydrogens is 260 g/mol. The maximum absolute atomic E-state index is 12.4. The number of amides is 2. The Hall–Kier alpha value is -1.24. The SMILES string of the molecule is O=C1[C@@H]2[C@H](C(=O)N1CCN1CCOCC1)[C@H]1C=C[C@@H]2O1. The van der Waals surface area contributed by atoms with Gasteiger partial charge in [0, 0.05) is 26.2 Å². The monoisotopic (exact) mass is 278 g/mol. The Morgan fingerprint density at radius 1 is 1.00 bits per heavy atom. The molecule has 4 rings (SSSR count). The van der Waals surface area contributed by atoms with Gasteiger partial charge in [-0.05, 0) is 0 Å². The maximum atomic E-state index is 12.4. The van der Waals surface area contributed by atoms with E-state index in [-0.39, 0.29) is 35.9 Å². The molecule has 4 atom stereocenters. The Kier molecular flexibility index (Phi) is 2.90. The highest BCUT2D eigenvalue weighted by Gasteiger charge is 2.60. The first-order chi connectivity index (χ1) is 9.75. The zero-order valence-electron chi connectivity index (χ0n) is 11.2. The van der Waals surface area contributed by atoms with Gasteiger partial charge in [0.1, 0.15) is 0 Å². The average Bonchev–Trinajstić information content (AvgIpc) is 3.13. The van der Waals surface area contributed by atoms with Crippen LogP contribution in [0, 0.1) is 11.8 Å². The van der Waals surface area contributed by atoms with Crippen LogP contribution in [0.2, 0.25) is 0 Å². The van der Waals surface area contributed by atoms with Crippen molar-refractivity contribution < 1.29 is 19.1 Å². The predicted octanol–water partition coefficient (Wildman–Crippen LogP) is -0.743. The second kappa shape index (κ2) is 4.65. The molecule has 6 nitrogen and oxygen atoms in total. The van der Waals surface area contributed by atoms with Crippen LogP contribution in [0.3, 0.4) is 0 Å². The topological polar surface area (TPSA) is 59.1 Å². The molecule has 0 radical (unpaired) electrons. The maximum Gasteiger partial charge on any atom is 0.236 e. The van der Waals surface area contributed by atoms with Crippen LogP contribution in [0.15, 0.2) is 12.2 Å². The molecule has 0 spiro atoms. The fraction of sp³-hybridized carbons (Fsp3) is 0.714. The summed E-state index contributed by atoms with van der Waals surface area (Å²) in [4.78, 5) is 28.5. The summed E-state index contributed by atoms with van der Waals surface area (Å²) in [6.07, 6.45) is 3.47. The normalized spacial score (nSPS) is 39.9. The standard InChI is InChI=1S/C14H18N2O4/c17-13-11-9-1-2-10(20-9)12(11)14(18)16(13)4-3-15-5-7-19-8-6-15/h1-2,9-12H,3-8H2/t9-,10+,11-,12+. The summed E-state index contributed by atoms with van der Waals surface area (Å²) >= 11 is 0. The number of carbonyl (C=O) groups is 2. The lowest BCUT2D eigenvalue weighted by molar-refractivity contribution is -0.142. The minimum absolute atomic E-state index is 0.0508. The van der Waals surface area contributed by atoms with Gasteiger partial charge in [0.15, 0.2) is 0 Å². The lowest BCUT2D eigenvalue weighted by Crippen LogP contribution is -2.44. The summed E-state index contributed by atoms with van der Waals surface area (Å²) < 4.78 is 10.9. The van der Waals surface area contributed by atoms with E-state index in [0.29, 0.717) is 6.54 Å². The lowest BCUT2D eigenvalue weighted by Gasteiger charge is -2.28. The van der Waals surface area contributed by atoms with E-state index in [9.17, 15) is 9.59 Å². The van der Waals surface area contributed by atoms with Crippen LogP contribution in [-0.4, -0.2) is 73.2 Å². The van der Waals surface area contributed by atoms with E-state index in [1.54, 1.807) is 0 Å². The van der Waals surface area contributed by atoms with Crippen LogP contribution in [0.5, 0.6) is 0 Å². The molecule has 4 aliphatic heterocycles. The minimum atomic E-state index is -0.276. The molecule has 0 aromatic rings. The predicted molar refractivity (Wildman–Crippen MR) is 68.8 cm³/mol. The summed E-state index contributed by atoms with van der Waals surface area (Å²) in [6.45, 7) is 4.44. The van der Waals surface area contributed by atoms with E-state index in [1.807, 2.05) is 12.2 Å². The number of fused-ring (bicyclic) bond motifs is 5. The van der Waals surface area contributed by atoms with E-state index in [2.05, 4.69) is 4.90 Å². The van der Waals surface area contributed by atoms with Crippen molar-refractivity contribution in [2.45, 2.75) is 12.2 Å². The van der Waals surface area contributed by atoms with Crippen molar-refractivity contribution >= 4 is 11.8 Å². The zero-order chi connectivity index (χ0) is 13.7. The van der Waals surface area contributed by atoms with Gasteiger partial charge in [-0.1, -0.05) is 12.2 Å². The number of ether oxygens (including phenoxy) is 2. The zero-order valence-corrected chi connectivity index (χ0v) is 11.2. The molecule has 0 unspecified atom stereocenters. The van der Waals surface area contributed by atoms with Gasteiger partial charge in [0.05, 0.1) is 37.3 Å². The first-order valence-electron chi connectivity index (χ1n) is 7.25. The Morgan fingerprint density at radius 2 is 1.60 bits per heavy atom. The Balaban J connectivity index is 1.42. The van der Waals surface area contributed by atoms with Gasteiger partial charge in [-0.3, -0.25) is 19.4 Å². The molecular formula is C14H18N2O4. The summed E-state index contributed by atoms with van der Waals surface area (Å²) in [5, 5.41) is 0. The molecule has 4 heterocycles. The van der Waals surface area contributed by atoms with Crippen molar-refractivity contribution in [2.75, 3.05) is 39.4 Å². The third-order valence-corrected chi connectivity index (χ3v) is 4.75. The van der Waals surface area contributed by atoms with Crippen LogP contribution < -0.4 is 0 Å². The molecule has 0 saturated carbocycles. The van der Waals surface area contributed by atoms with E-state index in [4.69, 9.17) is 9.47 Å². The molecule has 6 heteroatoms. The first-order valence-corrected chi connectivity index (χ1v) is 7.25. The van der Waals surface area contributed by atoms with Gasteiger partial charge in [-0.15, -0.1) is 0 Å². The van der Waals surface area contributed by atoms with E-state index < -0.39 is 0 Å². The summed E-state index contributed by atoms with van der Waals surface area (Å²) in [5.41, 5.74) is 0. The van der Waals surface area contributed by atoms with Crippen LogP contribution in [-0.2, 0) is 19.1 Å². The Labute approximate surface area is 117 Å². The Morgan fingerprint density at radius 3 is 2.20 bits per heavy atom. The summed E-state index contributed by atoms with van der Waals surface area (Å²) in [7, 11) is 0. The smallest absolute Gasteiger partial charge is 0.236 e. The number of likely N-dealkylation sites (tertiary alicyclic amines) is 1. The van der Waals surface area contributed by atoms with Gasteiger partial charge in [-0.2, -0.15) is 0 Å². The van der Waals surface area contributed by atoms with Gasteiger partial charge in [-0.25, -0.2) is 0 Å². The highest BCUT2D eigenvalue weighted by Crippen LogP contribution is 2.44. The lowest BCUT2D eigenvalue weighted by atomic mass is 9.85. The molecule has 4 aliphatic rings. The number of carbonyl (C=O) groups excluding carboxylic acids is 2. The van der Waals surface area contributed by atoms with Crippen LogP contribution in [0.1, 0.15) is 0 Å². The largest absolute Gasteiger partial charge is 0.379 e. The molecule has 0 aromatic heterocycles. The second-order valence-corrected chi connectivity index (χ2v) is 5.78. The third kappa shape index (κ3) is 1.75. The number of rotatable bonds is 3. The van der Waals surface area contributed by atoms with Crippen LogP contribution >= 0.6 is 0 Å². The second-order valence-electron chi connectivity index (χ2n) is 5.78. The van der Waals surface area contributed by atoms with Crippen molar-refractivity contribution in [3.8, 4) is 0 Å². The van der Waals surface area contributed by atoms with E-state index in [1.165, 1.54) is 4.90 Å². The number of imide groups is 1. The van der Waals surface area contributed by atoms with Gasteiger partial charge >= 0.3 is 0 Å². The van der Waals surface area contributed by atoms with E-state index in [0.717, 1.165) is 32.8 Å². The molecule has 20 heavy (non-hydrogen) atoms. The van der Waals surface area contributed by atoms with Gasteiger partial charge in [0.25, 0.3) is 0 Å². The van der Waals surface area contributed by atoms with Crippen molar-refractivity contribution in [1.29, 1.82) is 0 Å². The molecule has 108 valence electrons. The Bertz CT molecular complexity index is 442. The molecule has 2 amide bonds. The molecule has 2 bridgehead atoms. The fourth-order valence-electron chi connectivity index (χ4n) is 3.65. The van der Waals surface area contributed by atoms with Gasteiger partial charge < -0.3 is 9.47 Å². The molecule has 3 fully saturated rings.